The van der Waals surface area contributed by atoms with Crippen LogP contribution in [0.5, 0.6) is 0 Å². The Labute approximate surface area is 219 Å². The van der Waals surface area contributed by atoms with Gasteiger partial charge >= 0.3 is 0 Å². The van der Waals surface area contributed by atoms with E-state index < -0.39 is 6.04 Å². The fourth-order valence-corrected chi connectivity index (χ4v) is 5.26. The molecule has 0 spiro atoms. The first-order valence-corrected chi connectivity index (χ1v) is 12.6. The van der Waals surface area contributed by atoms with Gasteiger partial charge in [0.25, 0.3) is 0 Å². The monoisotopic (exact) mass is 518 g/mol. The van der Waals surface area contributed by atoms with Crippen LogP contribution >= 0.6 is 11.3 Å². The molecule has 184 valence electrons. The third-order valence-corrected chi connectivity index (χ3v) is 6.75. The Morgan fingerprint density at radius 3 is 2.58 bits per heavy atom. The molecule has 1 atom stereocenters. The molecule has 0 fully saturated rings. The summed E-state index contributed by atoms with van der Waals surface area (Å²) in [4.78, 5) is 28.3. The van der Waals surface area contributed by atoms with Gasteiger partial charge < -0.3 is 14.3 Å². The molecule has 1 unspecified atom stereocenters. The average Bonchev–Trinajstić information content (AvgIpc) is 3.79. The minimum Gasteiger partial charge on any atom is -0.444 e. The lowest BCUT2D eigenvalue weighted by atomic mass is 9.84. The predicted octanol–water partition coefficient (Wildman–Crippen LogP) is 4.43. The van der Waals surface area contributed by atoms with E-state index in [1.54, 1.807) is 60.0 Å². The van der Waals surface area contributed by atoms with E-state index in [9.17, 15) is 0 Å². The number of thiazole rings is 1. The number of aromatic nitrogens is 9. The fourth-order valence-electron chi connectivity index (χ4n) is 4.73. The van der Waals surface area contributed by atoms with Crippen molar-refractivity contribution in [3.63, 3.8) is 0 Å². The number of hydrogen-bond donors (Lipinski definition) is 1. The standard InChI is InChI=1S/C26H18N10OS/c1-2-7-29-18(5-1)21-22(26-30-9-11-37-26)25(35-10-8-33-34-35)24(19-14-38-16-32-19)36(20-13-28-15-31-20)23(21)17-4-3-6-27-12-17/h1-16,23H,(H,28,31). The smallest absolute Gasteiger partial charge is 0.228 e. The van der Waals surface area contributed by atoms with Crippen LogP contribution in [-0.4, -0.2) is 44.9 Å². The second kappa shape index (κ2) is 9.33. The largest absolute Gasteiger partial charge is 0.444 e. The number of pyridine rings is 2. The molecule has 6 aromatic rings. The zero-order valence-corrected chi connectivity index (χ0v) is 20.5. The SMILES string of the molecule is c1ccc(C2=C(c3ncco3)C(n3ccnn3)=C(c3cscn3)N(c3cnc[nH]3)C2c2cccnc2)nc1. The van der Waals surface area contributed by atoms with E-state index in [0.717, 1.165) is 34.0 Å². The lowest BCUT2D eigenvalue weighted by Gasteiger charge is -2.40. The molecular weight excluding hydrogens is 500 g/mol. The Morgan fingerprint density at radius 1 is 0.895 bits per heavy atom. The summed E-state index contributed by atoms with van der Waals surface area (Å²) in [5.41, 5.74) is 7.23. The fraction of sp³-hybridized carbons (Fsp3) is 0.0385. The van der Waals surface area contributed by atoms with E-state index in [-0.39, 0.29) is 0 Å². The van der Waals surface area contributed by atoms with Crippen LogP contribution in [0.2, 0.25) is 0 Å². The molecule has 38 heavy (non-hydrogen) atoms. The minimum absolute atomic E-state index is 0.412. The van der Waals surface area contributed by atoms with Crippen molar-refractivity contribution in [3.05, 3.63) is 120 Å². The molecule has 1 N–H and O–H groups in total. The minimum atomic E-state index is -0.412. The van der Waals surface area contributed by atoms with E-state index in [1.165, 1.54) is 11.3 Å². The molecule has 0 radical (unpaired) electrons. The van der Waals surface area contributed by atoms with Crippen LogP contribution < -0.4 is 4.90 Å². The van der Waals surface area contributed by atoms with Gasteiger partial charge in [0.05, 0.1) is 65.3 Å². The molecule has 7 heterocycles. The Hall–Kier alpha value is -5.23. The number of H-pyrrole nitrogens is 1. The van der Waals surface area contributed by atoms with Crippen LogP contribution in [0.15, 0.2) is 102 Å². The zero-order valence-electron chi connectivity index (χ0n) is 19.7. The summed E-state index contributed by atoms with van der Waals surface area (Å²) >= 11 is 1.50. The van der Waals surface area contributed by atoms with Gasteiger partial charge in [-0.2, -0.15) is 0 Å². The highest BCUT2D eigenvalue weighted by Gasteiger charge is 2.42. The van der Waals surface area contributed by atoms with Crippen LogP contribution in [0, 0.1) is 0 Å². The van der Waals surface area contributed by atoms with Gasteiger partial charge in [-0.15, -0.1) is 16.4 Å². The molecule has 1 aliphatic rings. The van der Waals surface area contributed by atoms with Crippen LogP contribution in [-0.2, 0) is 0 Å². The Bertz CT molecular complexity index is 1690. The van der Waals surface area contributed by atoms with E-state index >= 15 is 0 Å². The highest BCUT2D eigenvalue weighted by Crippen LogP contribution is 2.53. The van der Waals surface area contributed by atoms with Gasteiger partial charge in [0, 0.05) is 29.5 Å². The molecule has 0 bridgehead atoms. The van der Waals surface area contributed by atoms with Gasteiger partial charge in [-0.1, -0.05) is 17.3 Å². The van der Waals surface area contributed by atoms with Crippen LogP contribution in [0.25, 0.3) is 22.5 Å². The summed E-state index contributed by atoms with van der Waals surface area (Å²) in [6.45, 7) is 0. The van der Waals surface area contributed by atoms with Gasteiger partial charge in [0.1, 0.15) is 17.8 Å². The average molecular weight is 519 g/mol. The van der Waals surface area contributed by atoms with Gasteiger partial charge in [-0.25, -0.2) is 19.6 Å². The van der Waals surface area contributed by atoms with Crippen LogP contribution in [0.3, 0.4) is 0 Å². The predicted molar refractivity (Wildman–Crippen MR) is 141 cm³/mol. The normalized spacial score (nSPS) is 15.9. The van der Waals surface area contributed by atoms with Crippen LogP contribution in [0.4, 0.5) is 5.82 Å². The first kappa shape index (κ1) is 22.0. The summed E-state index contributed by atoms with van der Waals surface area (Å²) < 4.78 is 7.67. The summed E-state index contributed by atoms with van der Waals surface area (Å²) in [6.07, 6.45) is 15.4. The van der Waals surface area contributed by atoms with Crippen molar-refractivity contribution in [1.29, 1.82) is 0 Å². The molecule has 11 nitrogen and oxygen atoms in total. The molecule has 12 heteroatoms. The van der Waals surface area contributed by atoms with Crippen molar-refractivity contribution in [2.45, 2.75) is 6.04 Å². The molecule has 1 aliphatic heterocycles. The van der Waals surface area contributed by atoms with E-state index in [4.69, 9.17) is 14.4 Å². The Kier molecular flexibility index (Phi) is 5.40. The van der Waals surface area contributed by atoms with Gasteiger partial charge in [0.2, 0.25) is 5.89 Å². The number of allylic oxidation sites excluding steroid dienone is 2. The molecule has 0 aliphatic carbocycles. The lowest BCUT2D eigenvalue weighted by Crippen LogP contribution is -2.34. The van der Waals surface area contributed by atoms with Crippen LogP contribution in [0.1, 0.15) is 28.9 Å². The van der Waals surface area contributed by atoms with Gasteiger partial charge in [0.15, 0.2) is 0 Å². The summed E-state index contributed by atoms with van der Waals surface area (Å²) in [6, 6.07) is 9.36. The molecule has 6 aromatic heterocycles. The number of imidazole rings is 1. The number of aromatic amines is 1. The molecule has 0 saturated heterocycles. The molecule has 7 rings (SSSR count). The second-order valence-electron chi connectivity index (χ2n) is 8.26. The summed E-state index contributed by atoms with van der Waals surface area (Å²) in [5, 5.41) is 10.5. The quantitative estimate of drug-likeness (QED) is 0.340. The number of oxazole rings is 1. The zero-order chi connectivity index (χ0) is 25.3. The number of hydrogen-bond acceptors (Lipinski definition) is 10. The number of anilines is 1. The van der Waals surface area contributed by atoms with Gasteiger partial charge in [-0.3, -0.25) is 9.97 Å². The Morgan fingerprint density at radius 2 is 1.89 bits per heavy atom. The van der Waals surface area contributed by atoms with E-state index in [0.29, 0.717) is 17.2 Å². The van der Waals surface area contributed by atoms with Crippen molar-refractivity contribution >= 4 is 39.7 Å². The first-order chi connectivity index (χ1) is 18.9. The topological polar surface area (TPSA) is 127 Å². The third kappa shape index (κ3) is 3.62. The molecule has 0 amide bonds. The molecule has 0 aromatic carbocycles. The van der Waals surface area contributed by atoms with Crippen molar-refractivity contribution in [1.82, 2.24) is 44.9 Å². The van der Waals surface area contributed by atoms with Crippen molar-refractivity contribution in [2.75, 3.05) is 4.90 Å². The maximum absolute atomic E-state index is 5.96. The maximum atomic E-state index is 5.96. The van der Waals surface area contributed by atoms with Crippen molar-refractivity contribution in [2.24, 2.45) is 0 Å². The lowest BCUT2D eigenvalue weighted by molar-refractivity contribution is 0.542. The highest BCUT2D eigenvalue weighted by molar-refractivity contribution is 7.07. The van der Waals surface area contributed by atoms with Gasteiger partial charge in [-0.05, 0) is 23.8 Å². The van der Waals surface area contributed by atoms with E-state index in [2.05, 4.69) is 35.1 Å². The van der Waals surface area contributed by atoms with Crippen molar-refractivity contribution in [3.8, 4) is 0 Å². The third-order valence-electron chi connectivity index (χ3n) is 6.16. The van der Waals surface area contributed by atoms with Crippen molar-refractivity contribution < 1.29 is 4.42 Å². The Balaban J connectivity index is 1.68. The number of rotatable bonds is 6. The molecular formula is C26H18N10OS. The first-order valence-electron chi connectivity index (χ1n) is 11.6. The van der Waals surface area contributed by atoms with E-state index in [1.807, 2.05) is 41.9 Å². The number of nitrogens with one attached hydrogen (secondary N) is 1. The maximum Gasteiger partial charge on any atom is 0.228 e. The molecule has 0 saturated carbocycles. The highest BCUT2D eigenvalue weighted by atomic mass is 32.1. The summed E-state index contributed by atoms with van der Waals surface area (Å²) in [7, 11) is 0. The second-order valence-corrected chi connectivity index (χ2v) is 8.97. The summed E-state index contributed by atoms with van der Waals surface area (Å²) in [5.74, 6) is 1.17. The number of nitrogens with zero attached hydrogens (tertiary/aromatic N) is 9.